The van der Waals surface area contributed by atoms with Crippen LogP contribution in [0.15, 0.2) is 53.4 Å². The fraction of sp³-hybridized carbons (Fsp3) is 0.350. The van der Waals surface area contributed by atoms with E-state index in [1.165, 1.54) is 36.9 Å². The molecule has 2 aromatic carbocycles. The summed E-state index contributed by atoms with van der Waals surface area (Å²) in [6.45, 7) is 8.05. The predicted octanol–water partition coefficient (Wildman–Crippen LogP) is 3.30. The van der Waals surface area contributed by atoms with Crippen molar-refractivity contribution in [1.29, 1.82) is 0 Å². The summed E-state index contributed by atoms with van der Waals surface area (Å²) in [6.07, 6.45) is -0.703. The molecule has 0 spiro atoms. The number of carbonyl (C=O) groups is 1. The highest BCUT2D eigenvalue weighted by Gasteiger charge is 2.17. The molecule has 0 saturated carbocycles. The van der Waals surface area contributed by atoms with E-state index in [9.17, 15) is 13.2 Å². The molecule has 6 nitrogen and oxygen atoms in total. The van der Waals surface area contributed by atoms with E-state index in [4.69, 9.17) is 4.74 Å². The molecule has 2 rings (SSSR count). The molecule has 0 aliphatic rings. The number of anilines is 1. The van der Waals surface area contributed by atoms with Crippen LogP contribution < -0.4 is 14.8 Å². The molecule has 0 aliphatic carbocycles. The van der Waals surface area contributed by atoms with Crippen molar-refractivity contribution in [1.82, 2.24) is 4.72 Å². The second-order valence-corrected chi connectivity index (χ2v) is 9.14. The van der Waals surface area contributed by atoms with Gasteiger partial charge in [-0.05, 0) is 61.3 Å². The molecule has 0 aliphatic heterocycles. The maximum Gasteiger partial charge on any atom is 0.265 e. The van der Waals surface area contributed by atoms with Crippen LogP contribution in [-0.4, -0.2) is 27.5 Å². The van der Waals surface area contributed by atoms with Gasteiger partial charge in [0.1, 0.15) is 5.75 Å². The molecule has 0 fully saturated rings. The van der Waals surface area contributed by atoms with Gasteiger partial charge in [-0.1, -0.05) is 32.9 Å². The van der Waals surface area contributed by atoms with Gasteiger partial charge < -0.3 is 10.1 Å². The van der Waals surface area contributed by atoms with Gasteiger partial charge in [0.05, 0.1) is 4.90 Å². The number of carbonyl (C=O) groups excluding carboxylic acids is 1. The zero-order valence-corrected chi connectivity index (χ0v) is 17.1. The Morgan fingerprint density at radius 2 is 1.56 bits per heavy atom. The molecular formula is C20H26N2O4S. The summed E-state index contributed by atoms with van der Waals surface area (Å²) in [5.74, 6) is 0.292. The molecule has 27 heavy (non-hydrogen) atoms. The Morgan fingerprint density at radius 3 is 2.04 bits per heavy atom. The van der Waals surface area contributed by atoms with Gasteiger partial charge in [0.2, 0.25) is 10.0 Å². The van der Waals surface area contributed by atoms with Gasteiger partial charge in [-0.2, -0.15) is 0 Å². The summed E-state index contributed by atoms with van der Waals surface area (Å²) in [7, 11) is -2.16. The van der Waals surface area contributed by atoms with E-state index in [0.717, 1.165) is 0 Å². The molecule has 1 atom stereocenters. The third-order valence-electron chi connectivity index (χ3n) is 4.10. The Balaban J connectivity index is 1.99. The van der Waals surface area contributed by atoms with E-state index >= 15 is 0 Å². The number of nitrogens with one attached hydrogen (secondary N) is 2. The van der Waals surface area contributed by atoms with E-state index in [-0.39, 0.29) is 16.2 Å². The van der Waals surface area contributed by atoms with Gasteiger partial charge in [-0.15, -0.1) is 0 Å². The normalized spacial score (nSPS) is 13.1. The van der Waals surface area contributed by atoms with E-state index < -0.39 is 16.1 Å². The van der Waals surface area contributed by atoms with Crippen LogP contribution in [0.4, 0.5) is 5.69 Å². The van der Waals surface area contributed by atoms with Gasteiger partial charge in [0.15, 0.2) is 6.10 Å². The lowest BCUT2D eigenvalue weighted by Gasteiger charge is -2.20. The standard InChI is InChI=1S/C20H26N2O4S/c1-14(26-17-10-6-15(7-11-17)20(2,3)4)19(23)22-16-8-12-18(13-9-16)27(24,25)21-5/h6-14,21H,1-5H3,(H,22,23)/t14-/m0/s1. The average Bonchev–Trinajstić information content (AvgIpc) is 2.61. The van der Waals surface area contributed by atoms with E-state index in [2.05, 4.69) is 30.8 Å². The number of sulfonamides is 1. The van der Waals surface area contributed by atoms with Crippen molar-refractivity contribution in [2.24, 2.45) is 0 Å². The van der Waals surface area contributed by atoms with Gasteiger partial charge in [-0.25, -0.2) is 13.1 Å². The van der Waals surface area contributed by atoms with Gasteiger partial charge in [0.25, 0.3) is 5.91 Å². The van der Waals surface area contributed by atoms with Crippen LogP contribution in [0.1, 0.15) is 33.3 Å². The Bertz CT molecular complexity index is 883. The first-order valence-electron chi connectivity index (χ1n) is 8.64. The highest BCUT2D eigenvalue weighted by Crippen LogP contribution is 2.24. The number of hydrogen-bond donors (Lipinski definition) is 2. The van der Waals surface area contributed by atoms with Crippen LogP contribution in [0, 0.1) is 0 Å². The van der Waals surface area contributed by atoms with Crippen molar-refractivity contribution in [3.05, 3.63) is 54.1 Å². The molecule has 2 aromatic rings. The predicted molar refractivity (Wildman–Crippen MR) is 107 cm³/mol. The highest BCUT2D eigenvalue weighted by atomic mass is 32.2. The summed E-state index contributed by atoms with van der Waals surface area (Å²) in [5, 5.41) is 2.72. The molecular weight excluding hydrogens is 364 g/mol. The number of benzene rings is 2. The molecule has 0 unspecified atom stereocenters. The average molecular weight is 391 g/mol. The number of rotatable bonds is 6. The first kappa shape index (κ1) is 20.9. The van der Waals surface area contributed by atoms with Crippen LogP contribution >= 0.6 is 0 Å². The van der Waals surface area contributed by atoms with Gasteiger partial charge in [-0.3, -0.25) is 4.79 Å². The van der Waals surface area contributed by atoms with Gasteiger partial charge in [0, 0.05) is 5.69 Å². The smallest absolute Gasteiger partial charge is 0.265 e. The zero-order valence-electron chi connectivity index (χ0n) is 16.2. The van der Waals surface area contributed by atoms with Crippen molar-refractivity contribution >= 4 is 21.6 Å². The molecule has 7 heteroatoms. The SMILES string of the molecule is CNS(=O)(=O)c1ccc(NC(=O)[C@H](C)Oc2ccc(C(C)(C)C)cc2)cc1. The first-order valence-corrected chi connectivity index (χ1v) is 10.1. The van der Waals surface area contributed by atoms with Crippen LogP contribution in [0.25, 0.3) is 0 Å². The van der Waals surface area contributed by atoms with Crippen molar-refractivity contribution in [2.45, 2.75) is 44.1 Å². The zero-order chi connectivity index (χ0) is 20.2. The Kier molecular flexibility index (Phi) is 6.28. The van der Waals surface area contributed by atoms with Gasteiger partial charge >= 0.3 is 0 Å². The monoisotopic (exact) mass is 390 g/mol. The second-order valence-electron chi connectivity index (χ2n) is 7.26. The summed E-state index contributed by atoms with van der Waals surface area (Å²) >= 11 is 0. The molecule has 146 valence electrons. The minimum absolute atomic E-state index is 0.0501. The molecule has 0 aromatic heterocycles. The molecule has 0 bridgehead atoms. The number of ether oxygens (including phenoxy) is 1. The van der Waals surface area contributed by atoms with E-state index in [1.54, 1.807) is 6.92 Å². The first-order chi connectivity index (χ1) is 12.5. The second kappa shape index (κ2) is 8.10. The van der Waals surface area contributed by atoms with Crippen molar-refractivity contribution in [3.8, 4) is 5.75 Å². The Morgan fingerprint density at radius 1 is 1.00 bits per heavy atom. The fourth-order valence-corrected chi connectivity index (χ4v) is 3.10. The van der Waals surface area contributed by atoms with Crippen LogP contribution in [0.5, 0.6) is 5.75 Å². The van der Waals surface area contributed by atoms with E-state index in [1.807, 2.05) is 24.3 Å². The lowest BCUT2D eigenvalue weighted by atomic mass is 9.87. The summed E-state index contributed by atoms with van der Waals surface area (Å²) in [5.41, 5.74) is 1.73. The van der Waals surface area contributed by atoms with Crippen LogP contribution in [0.3, 0.4) is 0 Å². The Labute approximate surface area is 161 Å². The lowest BCUT2D eigenvalue weighted by molar-refractivity contribution is -0.122. The summed E-state index contributed by atoms with van der Waals surface area (Å²) in [4.78, 5) is 12.4. The third kappa shape index (κ3) is 5.55. The topological polar surface area (TPSA) is 84.5 Å². The third-order valence-corrected chi connectivity index (χ3v) is 5.53. The quantitative estimate of drug-likeness (QED) is 0.793. The summed E-state index contributed by atoms with van der Waals surface area (Å²) < 4.78 is 31.4. The molecule has 0 saturated heterocycles. The minimum atomic E-state index is -3.50. The van der Waals surface area contributed by atoms with Crippen molar-refractivity contribution in [2.75, 3.05) is 12.4 Å². The van der Waals surface area contributed by atoms with Crippen LogP contribution in [-0.2, 0) is 20.2 Å². The Hall–Kier alpha value is -2.38. The van der Waals surface area contributed by atoms with E-state index in [0.29, 0.717) is 11.4 Å². The molecule has 0 radical (unpaired) electrons. The highest BCUT2D eigenvalue weighted by molar-refractivity contribution is 7.89. The molecule has 1 amide bonds. The molecule has 2 N–H and O–H groups in total. The number of amides is 1. The fourth-order valence-electron chi connectivity index (χ4n) is 2.37. The largest absolute Gasteiger partial charge is 0.481 e. The molecule has 0 heterocycles. The maximum absolute atomic E-state index is 12.3. The maximum atomic E-state index is 12.3. The number of hydrogen-bond acceptors (Lipinski definition) is 4. The van der Waals surface area contributed by atoms with Crippen molar-refractivity contribution in [3.63, 3.8) is 0 Å². The summed E-state index contributed by atoms with van der Waals surface area (Å²) in [6, 6.07) is 13.6. The van der Waals surface area contributed by atoms with Crippen LogP contribution in [0.2, 0.25) is 0 Å². The lowest BCUT2D eigenvalue weighted by Crippen LogP contribution is -2.30. The minimum Gasteiger partial charge on any atom is -0.481 e. The van der Waals surface area contributed by atoms with Crippen molar-refractivity contribution < 1.29 is 17.9 Å².